The Bertz CT molecular complexity index is 499. The lowest BCUT2D eigenvalue weighted by atomic mass is 9.69. The van der Waals surface area contributed by atoms with Gasteiger partial charge < -0.3 is 9.63 Å². The maximum atomic E-state index is 11.2. The van der Waals surface area contributed by atoms with Crippen molar-refractivity contribution in [2.45, 2.75) is 70.1 Å². The Kier molecular flexibility index (Phi) is 3.30. The fourth-order valence-electron chi connectivity index (χ4n) is 3.34. The smallest absolute Gasteiger partial charge is 0.303 e. The zero-order valence-electron chi connectivity index (χ0n) is 12.0. The van der Waals surface area contributed by atoms with Gasteiger partial charge in [0.2, 0.25) is 5.89 Å². The van der Waals surface area contributed by atoms with Crippen LogP contribution in [0, 0.1) is 5.41 Å². The van der Waals surface area contributed by atoms with Crippen LogP contribution in [0.5, 0.6) is 0 Å². The van der Waals surface area contributed by atoms with Gasteiger partial charge in [-0.2, -0.15) is 4.98 Å². The Labute approximate surface area is 118 Å². The fourth-order valence-corrected chi connectivity index (χ4v) is 3.34. The second-order valence-electron chi connectivity index (χ2n) is 6.88. The summed E-state index contributed by atoms with van der Waals surface area (Å²) in [5.41, 5.74) is -0.0768. The van der Waals surface area contributed by atoms with Crippen LogP contribution >= 0.6 is 0 Å². The third-order valence-electron chi connectivity index (χ3n) is 4.97. The van der Waals surface area contributed by atoms with Crippen molar-refractivity contribution in [3.05, 3.63) is 11.7 Å². The van der Waals surface area contributed by atoms with E-state index in [1.165, 1.54) is 6.42 Å². The summed E-state index contributed by atoms with van der Waals surface area (Å²) < 4.78 is 5.39. The average Bonchev–Trinajstić information content (AvgIpc) is 2.97. The molecular weight excluding hydrogens is 256 g/mol. The molecule has 0 saturated heterocycles. The van der Waals surface area contributed by atoms with E-state index in [9.17, 15) is 9.90 Å². The topological polar surface area (TPSA) is 76.2 Å². The van der Waals surface area contributed by atoms with Crippen molar-refractivity contribution in [1.29, 1.82) is 0 Å². The van der Waals surface area contributed by atoms with Crippen molar-refractivity contribution < 1.29 is 14.4 Å². The predicted octanol–water partition coefficient (Wildman–Crippen LogP) is 3.09. The van der Waals surface area contributed by atoms with Crippen molar-refractivity contribution in [2.75, 3.05) is 0 Å². The van der Waals surface area contributed by atoms with E-state index in [2.05, 4.69) is 17.1 Å². The summed E-state index contributed by atoms with van der Waals surface area (Å²) in [5, 5.41) is 13.3. The maximum absolute atomic E-state index is 11.2. The Morgan fingerprint density at radius 3 is 2.55 bits per heavy atom. The average molecular weight is 278 g/mol. The molecule has 0 aromatic carbocycles. The van der Waals surface area contributed by atoms with Crippen molar-refractivity contribution >= 4 is 5.97 Å². The molecule has 0 radical (unpaired) electrons. The molecule has 1 aromatic heterocycles. The van der Waals surface area contributed by atoms with Gasteiger partial charge >= 0.3 is 5.97 Å². The van der Waals surface area contributed by atoms with Gasteiger partial charge in [0.25, 0.3) is 0 Å². The number of carboxylic acid groups (broad SMARTS) is 1. The summed E-state index contributed by atoms with van der Waals surface area (Å²) in [5.74, 6) is 0.700. The lowest BCUT2D eigenvalue weighted by molar-refractivity contribution is -0.140. The molecule has 5 nitrogen and oxygen atoms in total. The summed E-state index contributed by atoms with van der Waals surface area (Å²) >= 11 is 0. The Morgan fingerprint density at radius 1 is 1.25 bits per heavy atom. The van der Waals surface area contributed by atoms with Gasteiger partial charge in [-0.15, -0.1) is 0 Å². The molecule has 2 fully saturated rings. The van der Waals surface area contributed by atoms with Crippen LogP contribution in [0.15, 0.2) is 4.52 Å². The van der Waals surface area contributed by atoms with E-state index in [1.54, 1.807) is 0 Å². The largest absolute Gasteiger partial charge is 0.481 e. The van der Waals surface area contributed by atoms with Gasteiger partial charge in [0.1, 0.15) is 0 Å². The van der Waals surface area contributed by atoms with Crippen LogP contribution in [0.4, 0.5) is 0 Å². The molecule has 5 heteroatoms. The lowest BCUT2D eigenvalue weighted by Gasteiger charge is -2.34. The van der Waals surface area contributed by atoms with Crippen molar-refractivity contribution in [1.82, 2.24) is 10.1 Å². The molecule has 0 atom stereocenters. The van der Waals surface area contributed by atoms with Gasteiger partial charge in [0, 0.05) is 11.8 Å². The first-order valence-corrected chi connectivity index (χ1v) is 7.56. The predicted molar refractivity (Wildman–Crippen MR) is 72.4 cm³/mol. The number of hydrogen-bond acceptors (Lipinski definition) is 4. The van der Waals surface area contributed by atoms with Crippen LogP contribution in [0.3, 0.4) is 0 Å². The highest BCUT2D eigenvalue weighted by molar-refractivity contribution is 5.67. The van der Waals surface area contributed by atoms with E-state index in [1.807, 2.05) is 0 Å². The molecule has 20 heavy (non-hydrogen) atoms. The lowest BCUT2D eigenvalue weighted by Crippen LogP contribution is -2.30. The molecule has 3 rings (SSSR count). The van der Waals surface area contributed by atoms with E-state index in [4.69, 9.17) is 4.52 Å². The molecule has 1 N–H and O–H groups in total. The second-order valence-corrected chi connectivity index (χ2v) is 6.88. The van der Waals surface area contributed by atoms with Crippen LogP contribution in [0.2, 0.25) is 0 Å². The highest BCUT2D eigenvalue weighted by atomic mass is 16.5. The summed E-state index contributed by atoms with van der Waals surface area (Å²) in [6.07, 6.45) is 8.37. The molecule has 2 saturated carbocycles. The summed E-state index contributed by atoms with van der Waals surface area (Å²) in [6, 6.07) is 0. The molecule has 1 heterocycles. The van der Waals surface area contributed by atoms with Crippen LogP contribution < -0.4 is 0 Å². The van der Waals surface area contributed by atoms with Gasteiger partial charge in [-0.25, -0.2) is 0 Å². The molecule has 0 bridgehead atoms. The van der Waals surface area contributed by atoms with Crippen molar-refractivity contribution in [3.8, 4) is 0 Å². The third kappa shape index (κ3) is 2.72. The number of hydrogen-bond donors (Lipinski definition) is 1. The van der Waals surface area contributed by atoms with Crippen molar-refractivity contribution in [3.63, 3.8) is 0 Å². The first-order valence-electron chi connectivity index (χ1n) is 7.56. The Morgan fingerprint density at radius 2 is 1.95 bits per heavy atom. The second kappa shape index (κ2) is 4.86. The molecule has 0 spiro atoms. The molecule has 0 unspecified atom stereocenters. The van der Waals surface area contributed by atoms with Crippen LogP contribution in [0.25, 0.3) is 0 Å². The summed E-state index contributed by atoms with van der Waals surface area (Å²) in [7, 11) is 0. The first kappa shape index (κ1) is 13.6. The molecule has 2 aliphatic rings. The molecule has 1 aromatic rings. The third-order valence-corrected chi connectivity index (χ3v) is 4.97. The van der Waals surface area contributed by atoms with E-state index < -0.39 is 5.97 Å². The minimum atomic E-state index is -0.721. The molecular formula is C15H22N2O3. The van der Waals surface area contributed by atoms with Gasteiger partial charge in [-0.1, -0.05) is 31.3 Å². The Balaban J connectivity index is 1.75. The monoisotopic (exact) mass is 278 g/mol. The van der Waals surface area contributed by atoms with Gasteiger partial charge in [-0.3, -0.25) is 4.79 Å². The van der Waals surface area contributed by atoms with Crippen molar-refractivity contribution in [2.24, 2.45) is 5.41 Å². The fraction of sp³-hybridized carbons (Fsp3) is 0.800. The maximum Gasteiger partial charge on any atom is 0.303 e. The van der Waals surface area contributed by atoms with Gasteiger partial charge in [-0.05, 0) is 31.1 Å². The summed E-state index contributed by atoms with van der Waals surface area (Å²) in [4.78, 5) is 15.7. The highest BCUT2D eigenvalue weighted by Gasteiger charge is 2.44. The number of nitrogens with zero attached hydrogens (tertiary/aromatic N) is 2. The molecule has 0 aliphatic heterocycles. The quantitative estimate of drug-likeness (QED) is 0.895. The zero-order chi connectivity index (χ0) is 14.2. The van der Waals surface area contributed by atoms with E-state index in [-0.39, 0.29) is 17.3 Å². The standard InChI is InChI=1S/C15H22N2O3/c1-14(7-8-14)13-16-11(20-17-13)9-15(10-12(18)19)5-3-2-4-6-15/h2-10H2,1H3,(H,18,19). The minimum absolute atomic E-state index is 0.105. The number of rotatable bonds is 5. The molecule has 110 valence electrons. The Hall–Kier alpha value is -1.39. The normalized spacial score (nSPS) is 23.4. The molecule has 0 amide bonds. The van der Waals surface area contributed by atoms with E-state index in [0.717, 1.165) is 44.3 Å². The molecule has 2 aliphatic carbocycles. The minimum Gasteiger partial charge on any atom is -0.481 e. The van der Waals surface area contributed by atoms with Crippen LogP contribution in [-0.4, -0.2) is 21.2 Å². The number of aromatic nitrogens is 2. The van der Waals surface area contributed by atoms with Gasteiger partial charge in [0.05, 0.1) is 6.42 Å². The van der Waals surface area contributed by atoms with Crippen LogP contribution in [0.1, 0.15) is 70.0 Å². The number of aliphatic carboxylic acids is 1. The van der Waals surface area contributed by atoms with E-state index in [0.29, 0.717) is 12.3 Å². The number of carboxylic acids is 1. The number of carbonyl (C=O) groups is 1. The van der Waals surface area contributed by atoms with E-state index >= 15 is 0 Å². The SMILES string of the molecule is CC1(c2noc(CC3(CC(=O)O)CCCCC3)n2)CC1. The first-order chi connectivity index (χ1) is 9.51. The zero-order valence-corrected chi connectivity index (χ0v) is 12.0. The van der Waals surface area contributed by atoms with Gasteiger partial charge in [0.15, 0.2) is 5.82 Å². The van der Waals surface area contributed by atoms with Crippen LogP contribution in [-0.2, 0) is 16.6 Å². The summed E-state index contributed by atoms with van der Waals surface area (Å²) in [6.45, 7) is 2.15. The highest BCUT2D eigenvalue weighted by Crippen LogP contribution is 2.47.